The predicted octanol–water partition coefficient (Wildman–Crippen LogP) is 4.62. The Morgan fingerprint density at radius 1 is 1.06 bits per heavy atom. The average molecular weight is 240 g/mol. The molecule has 18 heavy (non-hydrogen) atoms. The van der Waals surface area contributed by atoms with Crippen LogP contribution in [-0.4, -0.2) is 7.11 Å². The molecule has 2 aromatic carbocycles. The number of hydrogen-bond donors (Lipinski definition) is 0. The molecule has 94 valence electrons. The Bertz CT molecular complexity index is 582. The van der Waals surface area contributed by atoms with Gasteiger partial charge in [0, 0.05) is 5.56 Å². The van der Waals surface area contributed by atoms with Crippen LogP contribution in [0, 0.1) is 0 Å². The molecule has 2 rings (SSSR count). The van der Waals surface area contributed by atoms with Gasteiger partial charge in [0.25, 0.3) is 0 Å². The molecule has 0 aliphatic carbocycles. The number of benzene rings is 2. The quantitative estimate of drug-likeness (QED) is 0.758. The van der Waals surface area contributed by atoms with E-state index in [0.29, 0.717) is 0 Å². The molecule has 0 amide bonds. The highest BCUT2D eigenvalue weighted by Crippen LogP contribution is 2.37. The minimum atomic E-state index is 0.984. The Morgan fingerprint density at radius 2 is 1.67 bits per heavy atom. The smallest absolute Gasteiger partial charge is 0.130 e. The molecule has 1 heteroatoms. The van der Waals surface area contributed by atoms with Gasteiger partial charge in [0.05, 0.1) is 7.11 Å². The van der Waals surface area contributed by atoms with E-state index in [0.717, 1.165) is 24.2 Å². The minimum absolute atomic E-state index is 0.984. The molecule has 0 N–H and O–H groups in total. The number of ether oxygens (including phenoxy) is 1. The second-order valence-electron chi connectivity index (χ2n) is 4.36. The molecule has 0 bridgehead atoms. The van der Waals surface area contributed by atoms with Gasteiger partial charge in [0.1, 0.15) is 5.75 Å². The highest BCUT2D eigenvalue weighted by Gasteiger charge is 2.15. The van der Waals surface area contributed by atoms with E-state index in [4.69, 9.17) is 4.74 Å². The maximum absolute atomic E-state index is 5.64. The molecular formula is C17H20O. The van der Waals surface area contributed by atoms with Crippen LogP contribution in [0.1, 0.15) is 30.5 Å². The maximum Gasteiger partial charge on any atom is 0.130 e. The Labute approximate surface area is 109 Å². The van der Waals surface area contributed by atoms with Crippen molar-refractivity contribution in [2.24, 2.45) is 0 Å². The SMILES string of the molecule is C=Cc1c(OC)c(CC)c(CC)c2ccccc12. The third-order valence-corrected chi connectivity index (χ3v) is 3.54. The second-order valence-corrected chi connectivity index (χ2v) is 4.36. The number of hydrogen-bond acceptors (Lipinski definition) is 1. The molecule has 1 nitrogen and oxygen atoms in total. The van der Waals surface area contributed by atoms with Crippen molar-refractivity contribution < 1.29 is 4.74 Å². The minimum Gasteiger partial charge on any atom is -0.496 e. The molecule has 0 aromatic heterocycles. The van der Waals surface area contributed by atoms with Gasteiger partial charge in [-0.15, -0.1) is 0 Å². The predicted molar refractivity (Wildman–Crippen MR) is 79.3 cm³/mol. The molecular weight excluding hydrogens is 220 g/mol. The van der Waals surface area contributed by atoms with Gasteiger partial charge < -0.3 is 4.74 Å². The van der Waals surface area contributed by atoms with Crippen LogP contribution < -0.4 is 4.74 Å². The van der Waals surface area contributed by atoms with Crippen molar-refractivity contribution in [1.29, 1.82) is 0 Å². The Hall–Kier alpha value is -1.76. The second kappa shape index (κ2) is 5.26. The van der Waals surface area contributed by atoms with Gasteiger partial charge in [0.2, 0.25) is 0 Å². The fourth-order valence-electron chi connectivity index (χ4n) is 2.78. The van der Waals surface area contributed by atoms with E-state index in [1.165, 1.54) is 21.9 Å². The van der Waals surface area contributed by atoms with E-state index in [1.54, 1.807) is 7.11 Å². The molecule has 0 fully saturated rings. The lowest BCUT2D eigenvalue weighted by Gasteiger charge is -2.18. The summed E-state index contributed by atoms with van der Waals surface area (Å²) in [6.45, 7) is 8.32. The van der Waals surface area contributed by atoms with Gasteiger partial charge in [-0.25, -0.2) is 0 Å². The average Bonchev–Trinajstić information content (AvgIpc) is 2.44. The summed E-state index contributed by atoms with van der Waals surface area (Å²) >= 11 is 0. The molecule has 0 atom stereocenters. The lowest BCUT2D eigenvalue weighted by atomic mass is 9.90. The van der Waals surface area contributed by atoms with Crippen LogP contribution in [0.25, 0.3) is 16.8 Å². The summed E-state index contributed by atoms with van der Waals surface area (Å²) in [4.78, 5) is 0. The Morgan fingerprint density at radius 3 is 2.17 bits per heavy atom. The summed E-state index contributed by atoms with van der Waals surface area (Å²) in [7, 11) is 1.75. The van der Waals surface area contributed by atoms with Crippen LogP contribution in [0.3, 0.4) is 0 Å². The zero-order valence-electron chi connectivity index (χ0n) is 11.4. The number of fused-ring (bicyclic) bond motifs is 1. The molecule has 0 aliphatic heterocycles. The summed E-state index contributed by atoms with van der Waals surface area (Å²) < 4.78 is 5.64. The van der Waals surface area contributed by atoms with E-state index in [-0.39, 0.29) is 0 Å². The zero-order chi connectivity index (χ0) is 13.1. The van der Waals surface area contributed by atoms with Crippen LogP contribution in [-0.2, 0) is 12.8 Å². The number of aryl methyl sites for hydroxylation is 1. The standard InChI is InChI=1S/C17H20O/c1-5-12-13(6-2)17(18-4)14(7-3)16-11-9-8-10-15(12)16/h7-11H,3,5-6H2,1-2,4H3. The molecule has 0 saturated heterocycles. The van der Waals surface area contributed by atoms with Gasteiger partial charge in [-0.2, -0.15) is 0 Å². The van der Waals surface area contributed by atoms with Gasteiger partial charge in [0.15, 0.2) is 0 Å². The largest absolute Gasteiger partial charge is 0.496 e. The first kappa shape index (κ1) is 12.7. The van der Waals surface area contributed by atoms with E-state index >= 15 is 0 Å². The first-order valence-electron chi connectivity index (χ1n) is 6.51. The molecule has 0 heterocycles. The van der Waals surface area contributed by atoms with Crippen LogP contribution in [0.15, 0.2) is 30.8 Å². The summed E-state index contributed by atoms with van der Waals surface area (Å²) in [5.74, 6) is 0.989. The van der Waals surface area contributed by atoms with Crippen LogP contribution in [0.2, 0.25) is 0 Å². The van der Waals surface area contributed by atoms with Gasteiger partial charge >= 0.3 is 0 Å². The Balaban J connectivity index is 2.99. The van der Waals surface area contributed by atoms with Crippen molar-refractivity contribution in [3.63, 3.8) is 0 Å². The van der Waals surface area contributed by atoms with Crippen molar-refractivity contribution in [2.75, 3.05) is 7.11 Å². The van der Waals surface area contributed by atoms with E-state index in [9.17, 15) is 0 Å². The summed E-state index contributed by atoms with van der Waals surface area (Å²) in [5.41, 5.74) is 3.83. The third kappa shape index (κ3) is 1.80. The van der Waals surface area contributed by atoms with Gasteiger partial charge in [-0.3, -0.25) is 0 Å². The van der Waals surface area contributed by atoms with Crippen LogP contribution in [0.4, 0.5) is 0 Å². The molecule has 0 spiro atoms. The number of rotatable bonds is 4. The fourth-order valence-corrected chi connectivity index (χ4v) is 2.78. The number of methoxy groups -OCH3 is 1. The molecule has 0 radical (unpaired) electrons. The van der Waals surface area contributed by atoms with Gasteiger partial charge in [-0.1, -0.05) is 50.8 Å². The van der Waals surface area contributed by atoms with Crippen LogP contribution >= 0.6 is 0 Å². The molecule has 0 unspecified atom stereocenters. The molecule has 0 saturated carbocycles. The maximum atomic E-state index is 5.64. The Kier molecular flexibility index (Phi) is 3.71. The summed E-state index contributed by atoms with van der Waals surface area (Å²) in [6, 6.07) is 8.51. The first-order chi connectivity index (χ1) is 8.78. The summed E-state index contributed by atoms with van der Waals surface area (Å²) in [6.07, 6.45) is 3.91. The van der Waals surface area contributed by atoms with Crippen molar-refractivity contribution in [2.45, 2.75) is 26.7 Å². The first-order valence-corrected chi connectivity index (χ1v) is 6.51. The third-order valence-electron chi connectivity index (χ3n) is 3.54. The van der Waals surface area contributed by atoms with E-state index in [1.807, 2.05) is 6.08 Å². The topological polar surface area (TPSA) is 9.23 Å². The molecule has 2 aromatic rings. The monoisotopic (exact) mass is 240 g/mol. The van der Waals surface area contributed by atoms with Gasteiger partial charge in [-0.05, 0) is 34.7 Å². The lowest BCUT2D eigenvalue weighted by molar-refractivity contribution is 0.409. The van der Waals surface area contributed by atoms with Crippen molar-refractivity contribution in [3.8, 4) is 5.75 Å². The normalized spacial score (nSPS) is 10.6. The molecule has 0 aliphatic rings. The highest BCUT2D eigenvalue weighted by atomic mass is 16.5. The van der Waals surface area contributed by atoms with Crippen molar-refractivity contribution >= 4 is 16.8 Å². The highest BCUT2D eigenvalue weighted by molar-refractivity contribution is 5.96. The van der Waals surface area contributed by atoms with Crippen molar-refractivity contribution in [3.05, 3.63) is 47.5 Å². The van der Waals surface area contributed by atoms with Crippen molar-refractivity contribution in [1.82, 2.24) is 0 Å². The van der Waals surface area contributed by atoms with E-state index in [2.05, 4.69) is 44.7 Å². The fraction of sp³-hybridized carbons (Fsp3) is 0.294. The summed E-state index contributed by atoms with van der Waals surface area (Å²) in [5, 5.41) is 2.56. The van der Waals surface area contributed by atoms with Crippen LogP contribution in [0.5, 0.6) is 5.75 Å². The van der Waals surface area contributed by atoms with E-state index < -0.39 is 0 Å². The zero-order valence-corrected chi connectivity index (χ0v) is 11.4. The lowest BCUT2D eigenvalue weighted by Crippen LogP contribution is -2.01.